The van der Waals surface area contributed by atoms with Gasteiger partial charge in [-0.1, -0.05) is 0 Å². The van der Waals surface area contributed by atoms with Crippen LogP contribution >= 0.6 is 0 Å². The lowest BCUT2D eigenvalue weighted by molar-refractivity contribution is -0.141. The summed E-state index contributed by atoms with van der Waals surface area (Å²) >= 11 is 0. The molecule has 0 aliphatic carbocycles. The lowest BCUT2D eigenvalue weighted by Crippen LogP contribution is -2.45. The third-order valence-corrected chi connectivity index (χ3v) is 2.31. The van der Waals surface area contributed by atoms with Gasteiger partial charge in [-0.15, -0.1) is 0 Å². The Morgan fingerprint density at radius 3 is 2.75 bits per heavy atom. The number of alkyl halides is 3. The van der Waals surface area contributed by atoms with E-state index < -0.39 is 18.6 Å². The van der Waals surface area contributed by atoms with Gasteiger partial charge in [-0.3, -0.25) is 9.48 Å². The first-order valence-electron chi connectivity index (χ1n) is 4.56. The van der Waals surface area contributed by atoms with Gasteiger partial charge < -0.3 is 10.6 Å². The molecule has 0 saturated heterocycles. The van der Waals surface area contributed by atoms with Crippen molar-refractivity contribution in [3.8, 4) is 0 Å². The SMILES string of the molecule is Nc1cnn2c1C(=O)N(CC(F)(F)F)CC2. The van der Waals surface area contributed by atoms with E-state index in [0.717, 1.165) is 4.90 Å². The van der Waals surface area contributed by atoms with E-state index in [1.54, 1.807) is 0 Å². The van der Waals surface area contributed by atoms with E-state index in [9.17, 15) is 18.0 Å². The molecule has 2 N–H and O–H groups in total. The molecule has 8 heteroatoms. The summed E-state index contributed by atoms with van der Waals surface area (Å²) in [6, 6.07) is 0. The zero-order chi connectivity index (χ0) is 11.9. The molecule has 1 amide bonds. The Morgan fingerprint density at radius 1 is 1.44 bits per heavy atom. The normalized spacial score (nSPS) is 16.4. The monoisotopic (exact) mass is 234 g/mol. The second kappa shape index (κ2) is 3.39. The molecule has 1 aliphatic rings. The van der Waals surface area contributed by atoms with Crippen molar-refractivity contribution in [2.45, 2.75) is 12.7 Å². The van der Waals surface area contributed by atoms with E-state index in [1.807, 2.05) is 0 Å². The standard InChI is InChI=1S/C8H9F3N4O/c9-8(10,11)4-14-1-2-15-6(7(14)16)5(12)3-13-15/h3H,1-2,4,12H2. The molecular weight excluding hydrogens is 225 g/mol. The first-order valence-corrected chi connectivity index (χ1v) is 4.56. The van der Waals surface area contributed by atoms with Crippen LogP contribution in [-0.2, 0) is 6.54 Å². The van der Waals surface area contributed by atoms with Gasteiger partial charge in [0.05, 0.1) is 18.4 Å². The van der Waals surface area contributed by atoms with Gasteiger partial charge in [-0.05, 0) is 0 Å². The van der Waals surface area contributed by atoms with Gasteiger partial charge >= 0.3 is 6.18 Å². The first-order chi connectivity index (χ1) is 7.38. The molecule has 0 atom stereocenters. The topological polar surface area (TPSA) is 64.1 Å². The first kappa shape index (κ1) is 10.8. The maximum Gasteiger partial charge on any atom is 0.406 e. The van der Waals surface area contributed by atoms with Crippen molar-refractivity contribution in [3.63, 3.8) is 0 Å². The molecule has 16 heavy (non-hydrogen) atoms. The average molecular weight is 234 g/mol. The van der Waals surface area contributed by atoms with Gasteiger partial charge in [0.2, 0.25) is 0 Å². The number of fused-ring (bicyclic) bond motifs is 1. The van der Waals surface area contributed by atoms with Gasteiger partial charge in [0.25, 0.3) is 5.91 Å². The predicted octanol–water partition coefficient (Wildman–Crippen LogP) is 0.483. The molecule has 0 bridgehead atoms. The molecule has 0 aromatic carbocycles. The number of aromatic nitrogens is 2. The maximum absolute atomic E-state index is 12.2. The molecule has 0 fully saturated rings. The number of carbonyl (C=O) groups is 1. The molecule has 0 spiro atoms. The molecule has 5 nitrogen and oxygen atoms in total. The van der Waals surface area contributed by atoms with Crippen LogP contribution in [0.4, 0.5) is 18.9 Å². The number of nitrogen functional groups attached to an aromatic ring is 1. The Hall–Kier alpha value is -1.73. The quantitative estimate of drug-likeness (QED) is 0.768. The molecule has 1 aromatic heterocycles. The summed E-state index contributed by atoms with van der Waals surface area (Å²) in [6.07, 6.45) is -3.13. The second-order valence-electron chi connectivity index (χ2n) is 3.51. The Kier molecular flexibility index (Phi) is 2.28. The van der Waals surface area contributed by atoms with Crippen molar-refractivity contribution >= 4 is 11.6 Å². The summed E-state index contributed by atoms with van der Waals surface area (Å²) < 4.78 is 37.8. The summed E-state index contributed by atoms with van der Waals surface area (Å²) in [6.45, 7) is -1.03. The Labute approximate surface area is 88.6 Å². The minimum atomic E-state index is -4.40. The van der Waals surface area contributed by atoms with E-state index in [0.29, 0.717) is 0 Å². The number of hydrogen-bond acceptors (Lipinski definition) is 3. The maximum atomic E-state index is 12.2. The summed E-state index contributed by atoms with van der Waals surface area (Å²) in [5.41, 5.74) is 5.61. The van der Waals surface area contributed by atoms with Crippen molar-refractivity contribution < 1.29 is 18.0 Å². The molecule has 0 saturated carbocycles. The molecule has 2 heterocycles. The van der Waals surface area contributed by atoms with Gasteiger partial charge in [0, 0.05) is 6.54 Å². The fraction of sp³-hybridized carbons (Fsp3) is 0.500. The van der Waals surface area contributed by atoms with Crippen molar-refractivity contribution in [2.24, 2.45) is 0 Å². The van der Waals surface area contributed by atoms with Crippen LogP contribution in [0.15, 0.2) is 6.20 Å². The van der Waals surface area contributed by atoms with Crippen LogP contribution in [0.1, 0.15) is 10.5 Å². The summed E-state index contributed by atoms with van der Waals surface area (Å²) in [5, 5.41) is 3.80. The van der Waals surface area contributed by atoms with Crippen LogP contribution in [0.3, 0.4) is 0 Å². The number of amides is 1. The van der Waals surface area contributed by atoms with Gasteiger partial charge in [0.1, 0.15) is 12.2 Å². The van der Waals surface area contributed by atoms with E-state index in [1.165, 1.54) is 10.9 Å². The summed E-state index contributed by atoms with van der Waals surface area (Å²) in [7, 11) is 0. The Bertz CT molecular complexity index is 425. The highest BCUT2D eigenvalue weighted by atomic mass is 19.4. The van der Waals surface area contributed by atoms with Crippen LogP contribution in [-0.4, -0.2) is 39.9 Å². The fourth-order valence-electron chi connectivity index (χ4n) is 1.64. The Morgan fingerprint density at radius 2 is 2.12 bits per heavy atom. The molecule has 0 unspecified atom stereocenters. The number of nitrogens with zero attached hydrogens (tertiary/aromatic N) is 3. The highest BCUT2D eigenvalue weighted by molar-refractivity contribution is 5.97. The second-order valence-corrected chi connectivity index (χ2v) is 3.51. The van der Waals surface area contributed by atoms with Crippen LogP contribution in [0.25, 0.3) is 0 Å². The highest BCUT2D eigenvalue weighted by Gasteiger charge is 2.36. The smallest absolute Gasteiger partial charge is 0.396 e. The predicted molar refractivity (Wildman–Crippen MR) is 48.6 cm³/mol. The molecular formula is C8H9F3N4O. The lowest BCUT2D eigenvalue weighted by Gasteiger charge is -2.28. The number of hydrogen-bond donors (Lipinski definition) is 1. The minimum Gasteiger partial charge on any atom is -0.396 e. The number of rotatable bonds is 1. The van der Waals surface area contributed by atoms with Crippen molar-refractivity contribution in [1.82, 2.24) is 14.7 Å². The molecule has 2 rings (SSSR count). The zero-order valence-electron chi connectivity index (χ0n) is 8.16. The zero-order valence-corrected chi connectivity index (χ0v) is 8.16. The summed E-state index contributed by atoms with van der Waals surface area (Å²) in [5.74, 6) is -0.724. The number of anilines is 1. The number of nitrogens with two attached hydrogens (primary N) is 1. The van der Waals surface area contributed by atoms with E-state index >= 15 is 0 Å². The van der Waals surface area contributed by atoms with Gasteiger partial charge in [-0.25, -0.2) is 0 Å². The number of halogens is 3. The van der Waals surface area contributed by atoms with Crippen molar-refractivity contribution in [3.05, 3.63) is 11.9 Å². The van der Waals surface area contributed by atoms with Crippen LogP contribution in [0, 0.1) is 0 Å². The van der Waals surface area contributed by atoms with Crippen molar-refractivity contribution in [1.29, 1.82) is 0 Å². The minimum absolute atomic E-state index is 0.00748. The van der Waals surface area contributed by atoms with Crippen LogP contribution in [0.5, 0.6) is 0 Å². The molecule has 88 valence electrons. The fourth-order valence-corrected chi connectivity index (χ4v) is 1.64. The summed E-state index contributed by atoms with van der Waals surface area (Å²) in [4.78, 5) is 12.4. The van der Waals surface area contributed by atoms with Gasteiger partial charge in [-0.2, -0.15) is 18.3 Å². The van der Waals surface area contributed by atoms with E-state index in [4.69, 9.17) is 5.73 Å². The Balaban J connectivity index is 2.24. The third-order valence-electron chi connectivity index (χ3n) is 2.31. The van der Waals surface area contributed by atoms with Crippen molar-refractivity contribution in [2.75, 3.05) is 18.8 Å². The van der Waals surface area contributed by atoms with Crippen LogP contribution < -0.4 is 5.73 Å². The largest absolute Gasteiger partial charge is 0.406 e. The van der Waals surface area contributed by atoms with Gasteiger partial charge in [0.15, 0.2) is 0 Å². The lowest BCUT2D eigenvalue weighted by atomic mass is 10.2. The molecule has 0 radical (unpaired) electrons. The third kappa shape index (κ3) is 1.82. The average Bonchev–Trinajstić information content (AvgIpc) is 2.51. The molecule has 1 aromatic rings. The van der Waals surface area contributed by atoms with Crippen LogP contribution in [0.2, 0.25) is 0 Å². The van der Waals surface area contributed by atoms with E-state index in [2.05, 4.69) is 5.10 Å². The van der Waals surface area contributed by atoms with E-state index in [-0.39, 0.29) is 24.5 Å². The highest BCUT2D eigenvalue weighted by Crippen LogP contribution is 2.22. The number of carbonyl (C=O) groups excluding carboxylic acids is 1. The molecule has 1 aliphatic heterocycles.